The van der Waals surface area contributed by atoms with Crippen molar-refractivity contribution in [2.45, 2.75) is 19.8 Å². The maximum absolute atomic E-state index is 12.1. The minimum absolute atomic E-state index is 0.183. The smallest absolute Gasteiger partial charge is 0.339 e. The summed E-state index contributed by atoms with van der Waals surface area (Å²) in [5.74, 6) is -0.584. The van der Waals surface area contributed by atoms with Crippen molar-refractivity contribution in [3.05, 3.63) is 29.8 Å². The molecule has 0 aliphatic heterocycles. The van der Waals surface area contributed by atoms with Crippen LogP contribution in [0.25, 0.3) is 0 Å². The van der Waals surface area contributed by atoms with Crippen LogP contribution in [0.15, 0.2) is 24.3 Å². The second kappa shape index (κ2) is 7.25. The first-order chi connectivity index (χ1) is 9.42. The van der Waals surface area contributed by atoms with E-state index in [1.165, 1.54) is 30.6 Å². The second-order valence-corrected chi connectivity index (χ2v) is 6.10. The Morgan fingerprint density at radius 3 is 2.60 bits per heavy atom. The van der Waals surface area contributed by atoms with Gasteiger partial charge in [-0.15, -0.1) is 0 Å². The highest BCUT2D eigenvalue weighted by molar-refractivity contribution is 7.90. The number of hydrogen-bond donors (Lipinski definition) is 1. The van der Waals surface area contributed by atoms with E-state index < -0.39 is 16.2 Å². The molecular formula is C13H20N2O4S. The van der Waals surface area contributed by atoms with Crippen LogP contribution in [0.5, 0.6) is 0 Å². The lowest BCUT2D eigenvalue weighted by atomic mass is 10.2. The molecule has 0 aromatic heterocycles. The molecule has 0 radical (unpaired) electrons. The number of benzene rings is 1. The Labute approximate surface area is 119 Å². The maximum atomic E-state index is 12.1. The van der Waals surface area contributed by atoms with Gasteiger partial charge in [0.05, 0.1) is 18.4 Å². The van der Waals surface area contributed by atoms with Gasteiger partial charge in [0.25, 0.3) is 0 Å². The molecule has 0 spiro atoms. The predicted octanol–water partition coefficient (Wildman–Crippen LogP) is 1.86. The highest BCUT2D eigenvalue weighted by Crippen LogP contribution is 2.18. The van der Waals surface area contributed by atoms with E-state index in [4.69, 9.17) is 0 Å². The number of carbonyl (C=O) groups is 1. The first-order valence-corrected chi connectivity index (χ1v) is 7.77. The van der Waals surface area contributed by atoms with Crippen molar-refractivity contribution in [2.24, 2.45) is 0 Å². The molecule has 6 nitrogen and oxygen atoms in total. The number of rotatable bonds is 7. The molecule has 0 fully saturated rings. The SMILES string of the molecule is CCCCN(C)S(=O)(=O)Nc1ccccc1C(=O)OC. The zero-order chi connectivity index (χ0) is 15.2. The third-order valence-electron chi connectivity index (χ3n) is 2.81. The summed E-state index contributed by atoms with van der Waals surface area (Å²) < 4.78 is 32.5. The lowest BCUT2D eigenvalue weighted by molar-refractivity contribution is 0.0602. The van der Waals surface area contributed by atoms with Crippen molar-refractivity contribution in [1.29, 1.82) is 0 Å². The van der Waals surface area contributed by atoms with Crippen LogP contribution in [0.2, 0.25) is 0 Å². The molecule has 1 N–H and O–H groups in total. The lowest BCUT2D eigenvalue weighted by Gasteiger charge is -2.19. The molecule has 1 aromatic rings. The summed E-state index contributed by atoms with van der Waals surface area (Å²) >= 11 is 0. The van der Waals surface area contributed by atoms with Crippen LogP contribution in [0.4, 0.5) is 5.69 Å². The van der Waals surface area contributed by atoms with Crippen LogP contribution >= 0.6 is 0 Å². The van der Waals surface area contributed by atoms with E-state index in [1.807, 2.05) is 6.92 Å². The van der Waals surface area contributed by atoms with Gasteiger partial charge in [-0.1, -0.05) is 25.5 Å². The normalized spacial score (nSPS) is 11.4. The first-order valence-electron chi connectivity index (χ1n) is 6.33. The average molecular weight is 300 g/mol. The molecule has 0 unspecified atom stereocenters. The van der Waals surface area contributed by atoms with Crippen LogP contribution in [0.3, 0.4) is 0 Å². The Kier molecular flexibility index (Phi) is 5.97. The third kappa shape index (κ3) is 4.21. The minimum atomic E-state index is -3.67. The molecule has 112 valence electrons. The number of carbonyl (C=O) groups excluding carboxylic acids is 1. The van der Waals surface area contributed by atoms with Gasteiger partial charge < -0.3 is 4.74 Å². The number of unbranched alkanes of at least 4 members (excludes halogenated alkanes) is 1. The average Bonchev–Trinajstić information content (AvgIpc) is 2.44. The number of esters is 1. The predicted molar refractivity (Wildman–Crippen MR) is 77.9 cm³/mol. The van der Waals surface area contributed by atoms with Crippen LogP contribution in [-0.2, 0) is 14.9 Å². The largest absolute Gasteiger partial charge is 0.465 e. The standard InChI is InChI=1S/C13H20N2O4S/c1-4-5-10-15(2)20(17,18)14-12-9-7-6-8-11(12)13(16)19-3/h6-9,14H,4-5,10H2,1-3H3. The Morgan fingerprint density at radius 2 is 2.00 bits per heavy atom. The minimum Gasteiger partial charge on any atom is -0.465 e. The van der Waals surface area contributed by atoms with E-state index in [2.05, 4.69) is 9.46 Å². The molecule has 0 bridgehead atoms. The zero-order valence-electron chi connectivity index (χ0n) is 11.9. The number of hydrogen-bond acceptors (Lipinski definition) is 4. The van der Waals surface area contributed by atoms with Crippen molar-refractivity contribution in [2.75, 3.05) is 25.4 Å². The number of methoxy groups -OCH3 is 1. The fourth-order valence-electron chi connectivity index (χ4n) is 1.58. The van der Waals surface area contributed by atoms with Crippen molar-refractivity contribution in [1.82, 2.24) is 4.31 Å². The lowest BCUT2D eigenvalue weighted by Crippen LogP contribution is -2.33. The summed E-state index contributed by atoms with van der Waals surface area (Å²) in [6, 6.07) is 6.33. The number of anilines is 1. The molecule has 0 saturated carbocycles. The molecule has 0 aliphatic carbocycles. The summed E-state index contributed by atoms with van der Waals surface area (Å²) in [6.45, 7) is 2.41. The fraction of sp³-hybridized carbons (Fsp3) is 0.462. The molecule has 0 atom stereocenters. The quantitative estimate of drug-likeness (QED) is 0.780. The van der Waals surface area contributed by atoms with Gasteiger partial charge in [-0.25, -0.2) is 4.79 Å². The third-order valence-corrected chi connectivity index (χ3v) is 4.29. The number of ether oxygens (including phenoxy) is 1. The number of nitrogens with one attached hydrogen (secondary N) is 1. The van der Waals surface area contributed by atoms with E-state index >= 15 is 0 Å². The van der Waals surface area contributed by atoms with Crippen LogP contribution in [0, 0.1) is 0 Å². The fourth-order valence-corrected chi connectivity index (χ4v) is 2.56. The topological polar surface area (TPSA) is 75.7 Å². The molecule has 1 rings (SSSR count). The van der Waals surface area contributed by atoms with Gasteiger partial charge in [-0.05, 0) is 18.6 Å². The van der Waals surface area contributed by atoms with Crippen molar-refractivity contribution >= 4 is 21.9 Å². The Hall–Kier alpha value is -1.60. The van der Waals surface area contributed by atoms with E-state index in [0.717, 1.165) is 12.8 Å². The molecule has 1 aromatic carbocycles. The Balaban J connectivity index is 2.95. The van der Waals surface area contributed by atoms with Crippen LogP contribution in [0.1, 0.15) is 30.1 Å². The van der Waals surface area contributed by atoms with E-state index in [-0.39, 0.29) is 11.3 Å². The highest BCUT2D eigenvalue weighted by Gasteiger charge is 2.20. The molecule has 0 aliphatic rings. The van der Waals surface area contributed by atoms with Crippen molar-refractivity contribution in [3.63, 3.8) is 0 Å². The molecular weight excluding hydrogens is 280 g/mol. The molecule has 0 heterocycles. The van der Waals surface area contributed by atoms with E-state index in [0.29, 0.717) is 6.54 Å². The summed E-state index contributed by atoms with van der Waals surface area (Å²) in [6.07, 6.45) is 1.68. The van der Waals surface area contributed by atoms with E-state index in [9.17, 15) is 13.2 Å². The van der Waals surface area contributed by atoms with Gasteiger partial charge in [0.15, 0.2) is 0 Å². The zero-order valence-corrected chi connectivity index (χ0v) is 12.7. The summed E-state index contributed by atoms with van der Waals surface area (Å²) in [7, 11) is -0.925. The van der Waals surface area contributed by atoms with Gasteiger partial charge in [0.2, 0.25) is 0 Å². The second-order valence-electron chi connectivity index (χ2n) is 4.32. The molecule has 20 heavy (non-hydrogen) atoms. The number of para-hydroxylation sites is 1. The highest BCUT2D eigenvalue weighted by atomic mass is 32.2. The van der Waals surface area contributed by atoms with Gasteiger partial charge in [-0.3, -0.25) is 4.72 Å². The van der Waals surface area contributed by atoms with Crippen molar-refractivity contribution < 1.29 is 17.9 Å². The Bertz CT molecular complexity index is 557. The van der Waals surface area contributed by atoms with Crippen LogP contribution in [-0.4, -0.2) is 39.4 Å². The van der Waals surface area contributed by atoms with Gasteiger partial charge in [0.1, 0.15) is 0 Å². The summed E-state index contributed by atoms with van der Waals surface area (Å²) in [5, 5.41) is 0. The molecule has 0 amide bonds. The van der Waals surface area contributed by atoms with Gasteiger partial charge in [-0.2, -0.15) is 12.7 Å². The van der Waals surface area contributed by atoms with E-state index in [1.54, 1.807) is 12.1 Å². The van der Waals surface area contributed by atoms with Gasteiger partial charge in [0, 0.05) is 13.6 Å². The Morgan fingerprint density at radius 1 is 1.35 bits per heavy atom. The monoisotopic (exact) mass is 300 g/mol. The molecule has 0 saturated heterocycles. The summed E-state index contributed by atoms with van der Waals surface area (Å²) in [5.41, 5.74) is 0.394. The maximum Gasteiger partial charge on any atom is 0.339 e. The van der Waals surface area contributed by atoms with Crippen LogP contribution < -0.4 is 4.72 Å². The molecule has 7 heteroatoms. The van der Waals surface area contributed by atoms with Gasteiger partial charge >= 0.3 is 16.2 Å². The summed E-state index contributed by atoms with van der Waals surface area (Å²) in [4.78, 5) is 11.6. The first kappa shape index (κ1) is 16.5. The van der Waals surface area contributed by atoms with Crippen molar-refractivity contribution in [3.8, 4) is 0 Å². The number of nitrogens with zero attached hydrogens (tertiary/aromatic N) is 1.